The van der Waals surface area contributed by atoms with Crippen LogP contribution in [0.3, 0.4) is 0 Å². The van der Waals surface area contributed by atoms with E-state index in [0.29, 0.717) is 0 Å². The molecular formula is C7H13O2P. The first kappa shape index (κ1) is 9.51. The Morgan fingerprint density at radius 2 is 1.70 bits per heavy atom. The predicted octanol–water partition coefficient (Wildman–Crippen LogP) is 2.94. The van der Waals surface area contributed by atoms with Gasteiger partial charge in [-0.15, -0.1) is 0 Å². The summed E-state index contributed by atoms with van der Waals surface area (Å²) < 4.78 is 0. The number of aliphatic hydroxyl groups is 2. The summed E-state index contributed by atoms with van der Waals surface area (Å²) in [7, 11) is -0.422. The van der Waals surface area contributed by atoms with Crippen molar-refractivity contribution < 1.29 is 10.2 Å². The Kier molecular flexibility index (Phi) is 6.30. The van der Waals surface area contributed by atoms with Gasteiger partial charge in [0.2, 0.25) is 0 Å². The van der Waals surface area contributed by atoms with Gasteiger partial charge in [-0.2, -0.15) is 0 Å². The predicted molar refractivity (Wildman–Crippen MR) is 45.6 cm³/mol. The van der Waals surface area contributed by atoms with Crippen LogP contribution in [-0.2, 0) is 0 Å². The number of rotatable bonds is 4. The second-order valence-electron chi connectivity index (χ2n) is 1.83. The fourth-order valence-corrected chi connectivity index (χ4v) is 1.88. The summed E-state index contributed by atoms with van der Waals surface area (Å²) in [4.78, 5) is 0. The van der Waals surface area contributed by atoms with Crippen LogP contribution in [0.5, 0.6) is 0 Å². The van der Waals surface area contributed by atoms with Gasteiger partial charge in [-0.25, -0.2) is 0 Å². The monoisotopic (exact) mass is 160 g/mol. The summed E-state index contributed by atoms with van der Waals surface area (Å²) in [5, 5.41) is 16.8. The largest absolute Gasteiger partial charge is 0.516 e. The third-order valence-corrected chi connectivity index (χ3v) is 2.99. The van der Waals surface area contributed by atoms with E-state index in [2.05, 4.69) is 6.92 Å². The molecule has 2 N–H and O–H groups in total. The van der Waals surface area contributed by atoms with Crippen molar-refractivity contribution in [1.82, 2.24) is 0 Å². The lowest BCUT2D eigenvalue weighted by Crippen LogP contribution is -1.74. The van der Waals surface area contributed by atoms with Crippen LogP contribution >= 0.6 is 7.92 Å². The van der Waals surface area contributed by atoms with Gasteiger partial charge in [0.05, 0.1) is 12.5 Å². The lowest BCUT2D eigenvalue weighted by Gasteiger charge is -2.02. The molecule has 0 fully saturated rings. The maximum Gasteiger partial charge on any atom is 0.0799 e. The third-order valence-electron chi connectivity index (χ3n) is 0.998. The van der Waals surface area contributed by atoms with Gasteiger partial charge in [-0.05, 0) is 17.8 Å². The molecule has 3 heteroatoms. The van der Waals surface area contributed by atoms with E-state index in [-0.39, 0.29) is 0 Å². The minimum absolute atomic E-state index is 0.422. The summed E-state index contributed by atoms with van der Waals surface area (Å²) in [5.74, 6) is 3.43. The van der Waals surface area contributed by atoms with E-state index >= 15 is 0 Å². The van der Waals surface area contributed by atoms with Crippen molar-refractivity contribution in [1.29, 1.82) is 0 Å². The molecule has 0 bridgehead atoms. The van der Waals surface area contributed by atoms with Crippen LogP contribution < -0.4 is 0 Å². The Morgan fingerprint density at radius 1 is 1.20 bits per heavy atom. The van der Waals surface area contributed by atoms with Crippen LogP contribution in [0.4, 0.5) is 0 Å². The summed E-state index contributed by atoms with van der Waals surface area (Å²) in [6.45, 7) is 2.08. The topological polar surface area (TPSA) is 40.5 Å². The summed E-state index contributed by atoms with van der Waals surface area (Å²) in [5.41, 5.74) is 0. The second kappa shape index (κ2) is 6.63. The Bertz CT molecular complexity index is 109. The molecule has 0 unspecified atom stereocenters. The third kappa shape index (κ3) is 4.39. The van der Waals surface area contributed by atoms with Crippen molar-refractivity contribution in [3.63, 3.8) is 0 Å². The highest BCUT2D eigenvalue weighted by Crippen LogP contribution is 2.38. The average molecular weight is 160 g/mol. The SMILES string of the molecule is CCCP(/C=C/O)/C=C/O. The maximum absolute atomic E-state index is 8.41. The molecule has 0 aromatic rings. The molecule has 0 aliphatic carbocycles. The van der Waals surface area contributed by atoms with Gasteiger partial charge in [0.15, 0.2) is 0 Å². The van der Waals surface area contributed by atoms with Crippen molar-refractivity contribution in [2.75, 3.05) is 6.16 Å². The average Bonchev–Trinajstić information content (AvgIpc) is 1.90. The Morgan fingerprint density at radius 3 is 2.00 bits per heavy atom. The zero-order valence-electron chi connectivity index (χ0n) is 6.07. The minimum atomic E-state index is -0.422. The standard InChI is InChI=1S/C7H13O2P/c1-2-5-10(6-3-8)7-4-9/h3-4,6-9H,2,5H2,1H3/b6-3+,7-4+. The maximum atomic E-state index is 8.41. The van der Waals surface area contributed by atoms with Crippen LogP contribution in [0.2, 0.25) is 0 Å². The minimum Gasteiger partial charge on any atom is -0.516 e. The highest BCUT2D eigenvalue weighted by Gasteiger charge is 1.95. The number of hydrogen-bond acceptors (Lipinski definition) is 2. The molecule has 0 aromatic heterocycles. The normalized spacial score (nSPS) is 12.2. The van der Waals surface area contributed by atoms with Crippen molar-refractivity contribution >= 4 is 7.92 Å². The fraction of sp³-hybridized carbons (Fsp3) is 0.429. The molecule has 0 saturated carbocycles. The zero-order chi connectivity index (χ0) is 7.82. The van der Waals surface area contributed by atoms with Crippen molar-refractivity contribution in [2.45, 2.75) is 13.3 Å². The van der Waals surface area contributed by atoms with Crippen LogP contribution in [0.1, 0.15) is 13.3 Å². The van der Waals surface area contributed by atoms with Crippen LogP contribution in [0, 0.1) is 0 Å². The second-order valence-corrected chi connectivity index (χ2v) is 3.91. The smallest absolute Gasteiger partial charge is 0.0799 e. The highest BCUT2D eigenvalue weighted by atomic mass is 31.1. The molecule has 0 heterocycles. The van der Waals surface area contributed by atoms with E-state index in [9.17, 15) is 0 Å². The van der Waals surface area contributed by atoms with E-state index in [0.717, 1.165) is 25.1 Å². The zero-order valence-corrected chi connectivity index (χ0v) is 6.96. The summed E-state index contributed by atoms with van der Waals surface area (Å²) in [6.07, 6.45) is 4.17. The van der Waals surface area contributed by atoms with Gasteiger partial charge in [0.1, 0.15) is 0 Å². The van der Waals surface area contributed by atoms with Crippen molar-refractivity contribution in [3.05, 3.63) is 24.2 Å². The first-order valence-electron chi connectivity index (χ1n) is 3.22. The number of aliphatic hydroxyl groups excluding tert-OH is 2. The van der Waals surface area contributed by atoms with E-state index in [1.165, 1.54) is 0 Å². The summed E-state index contributed by atoms with van der Waals surface area (Å²) in [6, 6.07) is 0. The molecule has 0 rings (SSSR count). The lowest BCUT2D eigenvalue weighted by molar-refractivity contribution is 0.474. The first-order chi connectivity index (χ1) is 4.85. The van der Waals surface area contributed by atoms with E-state index < -0.39 is 7.92 Å². The molecule has 0 radical (unpaired) electrons. The van der Waals surface area contributed by atoms with Crippen molar-refractivity contribution in [2.24, 2.45) is 0 Å². The van der Waals surface area contributed by atoms with Crippen LogP contribution in [0.25, 0.3) is 0 Å². The summed E-state index contributed by atoms with van der Waals surface area (Å²) >= 11 is 0. The fourth-order valence-electron chi connectivity index (χ4n) is 0.628. The Hall–Kier alpha value is -0.490. The Balaban J connectivity index is 3.72. The Labute approximate surface area is 62.6 Å². The quantitative estimate of drug-likeness (QED) is 0.490. The molecule has 0 aromatic carbocycles. The molecule has 0 spiro atoms. The molecule has 0 aliphatic heterocycles. The van der Waals surface area contributed by atoms with Gasteiger partial charge in [0, 0.05) is 0 Å². The highest BCUT2D eigenvalue weighted by molar-refractivity contribution is 7.63. The molecule has 0 aliphatic rings. The first-order valence-corrected chi connectivity index (χ1v) is 4.89. The molecule has 2 nitrogen and oxygen atoms in total. The van der Waals surface area contributed by atoms with E-state index in [4.69, 9.17) is 10.2 Å². The molecule has 10 heavy (non-hydrogen) atoms. The molecule has 58 valence electrons. The van der Waals surface area contributed by atoms with Crippen LogP contribution in [0.15, 0.2) is 24.2 Å². The van der Waals surface area contributed by atoms with Gasteiger partial charge in [-0.3, -0.25) is 0 Å². The van der Waals surface area contributed by atoms with Crippen molar-refractivity contribution in [3.8, 4) is 0 Å². The van der Waals surface area contributed by atoms with Crippen LogP contribution in [-0.4, -0.2) is 16.4 Å². The van der Waals surface area contributed by atoms with Gasteiger partial charge in [0.25, 0.3) is 0 Å². The molecule has 0 amide bonds. The molecular weight excluding hydrogens is 147 g/mol. The molecule has 0 atom stereocenters. The van der Waals surface area contributed by atoms with Gasteiger partial charge in [-0.1, -0.05) is 21.3 Å². The molecule has 0 saturated heterocycles. The van der Waals surface area contributed by atoms with Gasteiger partial charge < -0.3 is 10.2 Å². The lowest BCUT2D eigenvalue weighted by atomic mass is 10.6. The van der Waals surface area contributed by atoms with Gasteiger partial charge >= 0.3 is 0 Å². The van der Waals surface area contributed by atoms with E-state index in [1.54, 1.807) is 11.6 Å². The number of hydrogen-bond donors (Lipinski definition) is 2. The van der Waals surface area contributed by atoms with E-state index in [1.807, 2.05) is 0 Å².